The zero-order valence-electron chi connectivity index (χ0n) is 18.5. The van der Waals surface area contributed by atoms with Crippen LogP contribution < -0.4 is 16.0 Å². The highest BCUT2D eigenvalue weighted by molar-refractivity contribution is 5.97. The molecule has 2 amide bonds. The predicted molar refractivity (Wildman–Crippen MR) is 128 cm³/mol. The molecular formula is C27H28FN3O2. The molecule has 1 aliphatic rings. The van der Waals surface area contributed by atoms with Crippen LogP contribution in [0.2, 0.25) is 0 Å². The van der Waals surface area contributed by atoms with Crippen molar-refractivity contribution in [3.8, 4) is 0 Å². The van der Waals surface area contributed by atoms with Crippen molar-refractivity contribution in [1.82, 2.24) is 0 Å². The molecule has 1 aliphatic heterocycles. The molecule has 0 radical (unpaired) electrons. The number of nitrogens with one attached hydrogen (secondary N) is 1. The summed E-state index contributed by atoms with van der Waals surface area (Å²) < 4.78 is 14.6. The maximum absolute atomic E-state index is 14.6. The smallest absolute Gasteiger partial charge is 0.232 e. The lowest BCUT2D eigenvalue weighted by Gasteiger charge is -2.27. The van der Waals surface area contributed by atoms with Crippen LogP contribution in [0.15, 0.2) is 72.8 Å². The number of carbonyl (C=O) groups excluding carboxylic acids is 2. The van der Waals surface area contributed by atoms with Crippen molar-refractivity contribution in [1.29, 1.82) is 0 Å². The Balaban J connectivity index is 1.55. The van der Waals surface area contributed by atoms with Crippen molar-refractivity contribution < 1.29 is 14.0 Å². The number of anilines is 2. The van der Waals surface area contributed by atoms with E-state index in [1.807, 2.05) is 36.4 Å². The van der Waals surface area contributed by atoms with E-state index in [9.17, 15) is 14.0 Å². The molecule has 6 heteroatoms. The SMILES string of the molecule is NCc1cccc(CC(C(=O)Nc2ccc(N3CCCCC3=O)cc2)c2ccccc2F)c1. The molecule has 3 aromatic carbocycles. The number of nitrogens with two attached hydrogens (primary N) is 1. The first-order chi connectivity index (χ1) is 16.0. The van der Waals surface area contributed by atoms with Crippen LogP contribution in [-0.2, 0) is 22.6 Å². The normalized spacial score (nSPS) is 14.7. The molecule has 1 saturated heterocycles. The minimum absolute atomic E-state index is 0.123. The average molecular weight is 446 g/mol. The van der Waals surface area contributed by atoms with Crippen LogP contribution >= 0.6 is 0 Å². The second-order valence-corrected chi connectivity index (χ2v) is 8.34. The standard InChI is InChI=1S/C27H28FN3O2/c28-25-9-2-1-8-23(25)24(17-19-6-5-7-20(16-19)18-29)27(33)30-21-11-13-22(14-12-21)31-15-4-3-10-26(31)32/h1-2,5-9,11-14,16,24H,3-4,10,15,17-18,29H2,(H,30,33). The number of benzene rings is 3. The van der Waals surface area contributed by atoms with Gasteiger partial charge in [-0.3, -0.25) is 9.59 Å². The lowest BCUT2D eigenvalue weighted by molar-refractivity contribution is -0.119. The molecule has 0 saturated carbocycles. The van der Waals surface area contributed by atoms with Crippen molar-refractivity contribution in [2.75, 3.05) is 16.8 Å². The van der Waals surface area contributed by atoms with E-state index in [4.69, 9.17) is 5.73 Å². The van der Waals surface area contributed by atoms with Crippen LogP contribution in [0.25, 0.3) is 0 Å². The summed E-state index contributed by atoms with van der Waals surface area (Å²) in [5.74, 6) is -1.29. The number of rotatable bonds is 7. The van der Waals surface area contributed by atoms with Crippen molar-refractivity contribution in [2.24, 2.45) is 5.73 Å². The molecule has 1 atom stereocenters. The first-order valence-corrected chi connectivity index (χ1v) is 11.3. The van der Waals surface area contributed by atoms with Crippen molar-refractivity contribution >= 4 is 23.2 Å². The fourth-order valence-corrected chi connectivity index (χ4v) is 4.25. The van der Waals surface area contributed by atoms with E-state index >= 15 is 0 Å². The Morgan fingerprint density at radius 3 is 2.48 bits per heavy atom. The molecule has 4 rings (SSSR count). The molecule has 0 aliphatic carbocycles. The largest absolute Gasteiger partial charge is 0.326 e. The Morgan fingerprint density at radius 1 is 1.00 bits per heavy atom. The topological polar surface area (TPSA) is 75.4 Å². The highest BCUT2D eigenvalue weighted by Gasteiger charge is 2.25. The van der Waals surface area contributed by atoms with E-state index in [-0.39, 0.29) is 11.8 Å². The van der Waals surface area contributed by atoms with Gasteiger partial charge in [0, 0.05) is 36.4 Å². The van der Waals surface area contributed by atoms with Crippen molar-refractivity contribution in [3.63, 3.8) is 0 Å². The quantitative estimate of drug-likeness (QED) is 0.550. The average Bonchev–Trinajstić information content (AvgIpc) is 2.84. The van der Waals surface area contributed by atoms with Gasteiger partial charge < -0.3 is 16.0 Å². The number of hydrogen-bond acceptors (Lipinski definition) is 3. The first kappa shape index (κ1) is 22.7. The number of nitrogens with zero attached hydrogens (tertiary/aromatic N) is 1. The Kier molecular flexibility index (Phi) is 7.15. The monoisotopic (exact) mass is 445 g/mol. The van der Waals surface area contributed by atoms with Crippen LogP contribution in [0.4, 0.5) is 15.8 Å². The molecule has 0 spiro atoms. The van der Waals surface area contributed by atoms with Crippen molar-refractivity contribution in [2.45, 2.75) is 38.1 Å². The first-order valence-electron chi connectivity index (χ1n) is 11.3. The summed E-state index contributed by atoms with van der Waals surface area (Å²) in [6.07, 6.45) is 2.82. The number of hydrogen-bond donors (Lipinski definition) is 2. The molecule has 5 nitrogen and oxygen atoms in total. The molecule has 0 aromatic heterocycles. The Labute approximate surface area is 193 Å². The maximum Gasteiger partial charge on any atom is 0.232 e. The summed E-state index contributed by atoms with van der Waals surface area (Å²) in [5, 5.41) is 2.92. The van der Waals surface area contributed by atoms with Gasteiger partial charge in [0.1, 0.15) is 5.82 Å². The van der Waals surface area contributed by atoms with E-state index in [1.165, 1.54) is 6.07 Å². The molecule has 170 valence electrons. The zero-order chi connectivity index (χ0) is 23.2. The molecular weight excluding hydrogens is 417 g/mol. The Bertz CT molecular complexity index is 1130. The second-order valence-electron chi connectivity index (χ2n) is 8.34. The third-order valence-corrected chi connectivity index (χ3v) is 6.03. The lowest BCUT2D eigenvalue weighted by atomic mass is 9.90. The van der Waals surface area contributed by atoms with Crippen LogP contribution in [0.3, 0.4) is 0 Å². The third kappa shape index (κ3) is 5.46. The summed E-state index contributed by atoms with van der Waals surface area (Å²) >= 11 is 0. The number of halogens is 1. The lowest BCUT2D eigenvalue weighted by Crippen LogP contribution is -2.35. The van der Waals surface area contributed by atoms with Gasteiger partial charge >= 0.3 is 0 Å². The van der Waals surface area contributed by atoms with E-state index in [1.54, 1.807) is 35.2 Å². The molecule has 1 unspecified atom stereocenters. The zero-order valence-corrected chi connectivity index (χ0v) is 18.5. The van der Waals surface area contributed by atoms with E-state index in [0.717, 1.165) is 29.7 Å². The Hall–Kier alpha value is -3.51. The van der Waals surface area contributed by atoms with Gasteiger partial charge in [0.05, 0.1) is 5.92 Å². The van der Waals surface area contributed by atoms with Gasteiger partial charge in [-0.15, -0.1) is 0 Å². The minimum Gasteiger partial charge on any atom is -0.326 e. The fourth-order valence-electron chi connectivity index (χ4n) is 4.25. The molecule has 3 N–H and O–H groups in total. The molecule has 3 aromatic rings. The van der Waals surface area contributed by atoms with Gasteiger partial charge in [0.2, 0.25) is 11.8 Å². The van der Waals surface area contributed by atoms with Crippen LogP contribution in [0, 0.1) is 5.82 Å². The number of amides is 2. The second kappa shape index (κ2) is 10.4. The van der Waals surface area contributed by atoms with Gasteiger partial charge in [-0.05, 0) is 60.7 Å². The van der Waals surface area contributed by atoms with Gasteiger partial charge in [-0.25, -0.2) is 4.39 Å². The summed E-state index contributed by atoms with van der Waals surface area (Å²) in [5.41, 5.74) is 9.41. The number of carbonyl (C=O) groups is 2. The molecule has 0 bridgehead atoms. The minimum atomic E-state index is -0.706. The maximum atomic E-state index is 14.6. The van der Waals surface area contributed by atoms with Gasteiger partial charge in [-0.2, -0.15) is 0 Å². The highest BCUT2D eigenvalue weighted by Crippen LogP contribution is 2.27. The fraction of sp³-hybridized carbons (Fsp3) is 0.259. The Morgan fingerprint density at radius 2 is 1.76 bits per heavy atom. The predicted octanol–water partition coefficient (Wildman–Crippen LogP) is 4.77. The third-order valence-electron chi connectivity index (χ3n) is 6.03. The van der Waals surface area contributed by atoms with E-state index in [0.29, 0.717) is 37.2 Å². The molecule has 33 heavy (non-hydrogen) atoms. The summed E-state index contributed by atoms with van der Waals surface area (Å²) in [4.78, 5) is 27.2. The summed E-state index contributed by atoms with van der Waals surface area (Å²) in [6.45, 7) is 1.11. The molecule has 1 fully saturated rings. The molecule has 1 heterocycles. The van der Waals surface area contributed by atoms with Crippen LogP contribution in [-0.4, -0.2) is 18.4 Å². The van der Waals surface area contributed by atoms with Crippen LogP contribution in [0.1, 0.15) is 41.9 Å². The van der Waals surface area contributed by atoms with Crippen LogP contribution in [0.5, 0.6) is 0 Å². The highest BCUT2D eigenvalue weighted by atomic mass is 19.1. The van der Waals surface area contributed by atoms with Crippen molar-refractivity contribution in [3.05, 3.63) is 95.3 Å². The van der Waals surface area contributed by atoms with Gasteiger partial charge in [0.25, 0.3) is 0 Å². The van der Waals surface area contributed by atoms with E-state index in [2.05, 4.69) is 5.32 Å². The van der Waals surface area contributed by atoms with E-state index < -0.39 is 11.7 Å². The van der Waals surface area contributed by atoms with Gasteiger partial charge in [0.15, 0.2) is 0 Å². The summed E-state index contributed by atoms with van der Waals surface area (Å²) in [7, 11) is 0. The number of piperidine rings is 1. The van der Waals surface area contributed by atoms with Gasteiger partial charge in [-0.1, -0.05) is 42.5 Å². The summed E-state index contributed by atoms with van der Waals surface area (Å²) in [6, 6.07) is 21.3.